The highest BCUT2D eigenvalue weighted by atomic mass is 35.5. The molecule has 1 aliphatic rings. The molecular weight excluding hydrogens is 238 g/mol. The zero-order valence-electron chi connectivity index (χ0n) is 8.86. The summed E-state index contributed by atoms with van der Waals surface area (Å²) in [5, 5.41) is 2.19. The van der Waals surface area contributed by atoms with Crippen LogP contribution < -0.4 is 5.32 Å². The van der Waals surface area contributed by atoms with Gasteiger partial charge in [-0.3, -0.25) is 4.79 Å². The molecule has 0 aromatic heterocycles. The first-order valence-electron chi connectivity index (χ1n) is 5.00. The Hall–Kier alpha value is -0.290. The summed E-state index contributed by atoms with van der Waals surface area (Å²) in [7, 11) is -3.07. The summed E-state index contributed by atoms with van der Waals surface area (Å²) in [6.07, 6.45) is 0.734. The fraction of sp³-hybridized carbons (Fsp3) is 0.889. The van der Waals surface area contributed by atoms with Gasteiger partial charge in [-0.25, -0.2) is 8.42 Å². The van der Waals surface area contributed by atoms with Crippen LogP contribution in [0.15, 0.2) is 0 Å². The Morgan fingerprint density at radius 3 is 2.53 bits per heavy atom. The molecule has 1 aliphatic heterocycles. The van der Waals surface area contributed by atoms with Gasteiger partial charge in [-0.15, -0.1) is 11.6 Å². The topological polar surface area (TPSA) is 63.2 Å². The van der Waals surface area contributed by atoms with Gasteiger partial charge in [0.1, 0.15) is 0 Å². The molecule has 1 saturated heterocycles. The molecule has 0 unspecified atom stereocenters. The van der Waals surface area contributed by atoms with Gasteiger partial charge >= 0.3 is 0 Å². The molecule has 1 amide bonds. The second kappa shape index (κ2) is 4.70. The number of halogens is 1. The third kappa shape index (κ3) is 3.34. The van der Waals surface area contributed by atoms with Crippen LogP contribution in [0.2, 0.25) is 0 Å². The van der Waals surface area contributed by atoms with Gasteiger partial charge in [0, 0.05) is 5.92 Å². The minimum Gasteiger partial charge on any atom is -0.351 e. The van der Waals surface area contributed by atoms with Crippen LogP contribution in [0.3, 0.4) is 0 Å². The van der Waals surface area contributed by atoms with E-state index in [2.05, 4.69) is 5.32 Å². The van der Waals surface area contributed by atoms with Crippen LogP contribution >= 0.6 is 11.6 Å². The molecule has 0 bridgehead atoms. The summed E-state index contributed by atoms with van der Waals surface area (Å²) < 4.78 is 22.5. The van der Waals surface area contributed by atoms with Crippen molar-refractivity contribution in [3.05, 3.63) is 0 Å². The molecule has 0 saturated carbocycles. The van der Waals surface area contributed by atoms with Gasteiger partial charge in [0.15, 0.2) is 9.84 Å². The van der Waals surface area contributed by atoms with E-state index in [1.165, 1.54) is 0 Å². The Kier molecular flexibility index (Phi) is 4.00. The molecule has 4 nitrogen and oxygen atoms in total. The number of hydrogen-bond donors (Lipinski definition) is 1. The number of hydrogen-bond acceptors (Lipinski definition) is 3. The maximum absolute atomic E-state index is 11.5. The van der Waals surface area contributed by atoms with Crippen molar-refractivity contribution in [1.82, 2.24) is 5.32 Å². The highest BCUT2D eigenvalue weighted by Crippen LogP contribution is 2.18. The molecule has 0 aromatic rings. The van der Waals surface area contributed by atoms with Gasteiger partial charge in [-0.2, -0.15) is 0 Å². The Morgan fingerprint density at radius 1 is 1.53 bits per heavy atom. The molecule has 0 aliphatic carbocycles. The number of amides is 1. The molecule has 6 heteroatoms. The maximum Gasteiger partial charge on any atom is 0.223 e. The molecule has 0 radical (unpaired) electrons. The minimum absolute atomic E-state index is 0.0384. The molecule has 15 heavy (non-hydrogen) atoms. The number of nitrogens with one attached hydrogen (secondary N) is 1. The summed E-state index contributed by atoms with van der Waals surface area (Å²) in [6.45, 7) is 3.72. The smallest absolute Gasteiger partial charge is 0.223 e. The van der Waals surface area contributed by atoms with Crippen LogP contribution in [-0.4, -0.2) is 37.2 Å². The lowest BCUT2D eigenvalue weighted by molar-refractivity contribution is -0.125. The Balaban J connectivity index is 2.57. The first kappa shape index (κ1) is 12.8. The zero-order chi connectivity index (χ0) is 11.6. The summed E-state index contributed by atoms with van der Waals surface area (Å²) in [4.78, 5) is 11.5. The molecule has 1 heterocycles. The summed E-state index contributed by atoms with van der Waals surface area (Å²) in [6, 6.07) is -0.432. The standard InChI is InChI=1S/C9H16ClNO3S/c1-3-6(2)9(12)11-8-5-15(13,14)4-7(8)10/h6-8H,3-5H2,1-2H3,(H,11,12)/t6-,7+,8+/m0/s1. The van der Waals surface area contributed by atoms with E-state index in [0.29, 0.717) is 0 Å². The van der Waals surface area contributed by atoms with Crippen LogP contribution in [0.1, 0.15) is 20.3 Å². The van der Waals surface area contributed by atoms with Crippen molar-refractivity contribution in [3.8, 4) is 0 Å². The molecular formula is C9H16ClNO3S. The monoisotopic (exact) mass is 253 g/mol. The van der Waals surface area contributed by atoms with Gasteiger partial charge in [-0.05, 0) is 6.42 Å². The maximum atomic E-state index is 11.5. The Bertz CT molecular complexity index is 341. The van der Waals surface area contributed by atoms with Crippen molar-refractivity contribution in [1.29, 1.82) is 0 Å². The quantitative estimate of drug-likeness (QED) is 0.748. The third-order valence-corrected chi connectivity index (χ3v) is 5.05. The Morgan fingerprint density at radius 2 is 2.13 bits per heavy atom. The van der Waals surface area contributed by atoms with Crippen LogP contribution in [-0.2, 0) is 14.6 Å². The summed E-state index contributed by atoms with van der Waals surface area (Å²) >= 11 is 5.86. The Labute approximate surface area is 95.3 Å². The van der Waals surface area contributed by atoms with E-state index < -0.39 is 21.3 Å². The van der Waals surface area contributed by atoms with Gasteiger partial charge < -0.3 is 5.32 Å². The summed E-state index contributed by atoms with van der Waals surface area (Å²) in [5.41, 5.74) is 0. The molecule has 1 rings (SSSR count). The SMILES string of the molecule is CC[C@H](C)C(=O)N[C@@H]1CS(=O)(=O)C[C@H]1Cl. The second-order valence-electron chi connectivity index (χ2n) is 4.02. The fourth-order valence-electron chi connectivity index (χ4n) is 1.45. The lowest BCUT2D eigenvalue weighted by atomic mass is 10.1. The lowest BCUT2D eigenvalue weighted by Gasteiger charge is -2.17. The van der Waals surface area contributed by atoms with Crippen LogP contribution in [0.5, 0.6) is 0 Å². The number of carbonyl (C=O) groups is 1. The highest BCUT2D eigenvalue weighted by molar-refractivity contribution is 7.91. The van der Waals surface area contributed by atoms with Crippen molar-refractivity contribution in [2.75, 3.05) is 11.5 Å². The molecule has 1 fully saturated rings. The minimum atomic E-state index is -3.07. The molecule has 88 valence electrons. The van der Waals surface area contributed by atoms with E-state index >= 15 is 0 Å². The van der Waals surface area contributed by atoms with Crippen molar-refractivity contribution < 1.29 is 13.2 Å². The largest absolute Gasteiger partial charge is 0.351 e. The zero-order valence-corrected chi connectivity index (χ0v) is 10.4. The van der Waals surface area contributed by atoms with Gasteiger partial charge in [0.2, 0.25) is 5.91 Å². The first-order chi connectivity index (χ1) is 6.85. The number of carbonyl (C=O) groups excluding carboxylic acids is 1. The van der Waals surface area contributed by atoms with Gasteiger partial charge in [0.25, 0.3) is 0 Å². The molecule has 1 N–H and O–H groups in total. The van der Waals surface area contributed by atoms with Crippen LogP contribution in [0, 0.1) is 5.92 Å². The number of rotatable bonds is 3. The van der Waals surface area contributed by atoms with Crippen molar-refractivity contribution in [2.24, 2.45) is 5.92 Å². The average Bonchev–Trinajstić information content (AvgIpc) is 2.38. The second-order valence-corrected chi connectivity index (χ2v) is 6.73. The van der Waals surface area contributed by atoms with E-state index in [1.807, 2.05) is 13.8 Å². The van der Waals surface area contributed by atoms with Crippen LogP contribution in [0.25, 0.3) is 0 Å². The normalized spacial score (nSPS) is 31.1. The fourth-order valence-corrected chi connectivity index (χ4v) is 4.00. The van der Waals surface area contributed by atoms with Gasteiger partial charge in [0.05, 0.1) is 22.9 Å². The van der Waals surface area contributed by atoms with Gasteiger partial charge in [-0.1, -0.05) is 13.8 Å². The molecule has 0 aromatic carbocycles. The molecule has 0 spiro atoms. The van der Waals surface area contributed by atoms with E-state index in [0.717, 1.165) is 6.42 Å². The predicted octanol–water partition coefficient (Wildman–Crippen LogP) is 0.553. The predicted molar refractivity (Wildman–Crippen MR) is 59.7 cm³/mol. The number of alkyl halides is 1. The lowest BCUT2D eigenvalue weighted by Crippen LogP contribution is -2.42. The van der Waals surface area contributed by atoms with E-state index in [1.54, 1.807) is 0 Å². The first-order valence-corrected chi connectivity index (χ1v) is 7.26. The van der Waals surface area contributed by atoms with Crippen molar-refractivity contribution >= 4 is 27.3 Å². The van der Waals surface area contributed by atoms with E-state index in [-0.39, 0.29) is 23.3 Å². The van der Waals surface area contributed by atoms with E-state index in [9.17, 15) is 13.2 Å². The van der Waals surface area contributed by atoms with Crippen molar-refractivity contribution in [2.45, 2.75) is 31.7 Å². The average molecular weight is 254 g/mol. The number of sulfone groups is 1. The van der Waals surface area contributed by atoms with E-state index in [4.69, 9.17) is 11.6 Å². The summed E-state index contributed by atoms with van der Waals surface area (Å²) in [5.74, 6) is -0.300. The highest BCUT2D eigenvalue weighted by Gasteiger charge is 2.37. The van der Waals surface area contributed by atoms with Crippen LogP contribution in [0.4, 0.5) is 0 Å². The third-order valence-electron chi connectivity index (χ3n) is 2.67. The molecule has 3 atom stereocenters. The van der Waals surface area contributed by atoms with Crippen molar-refractivity contribution in [3.63, 3.8) is 0 Å².